The first kappa shape index (κ1) is 45.5. The van der Waals surface area contributed by atoms with E-state index in [9.17, 15) is 19.9 Å². The molecule has 58 heavy (non-hydrogen) atoms. The maximum Gasteiger partial charge on any atom is 0.272 e. The third-order valence-corrected chi connectivity index (χ3v) is 10.1. The number of aliphatic hydroxyl groups excluding tert-OH is 1. The summed E-state index contributed by atoms with van der Waals surface area (Å²) in [6.45, 7) is 8.70. The first-order chi connectivity index (χ1) is 28.0. The molecule has 1 saturated heterocycles. The Morgan fingerprint density at radius 2 is 1.74 bits per heavy atom. The topological polar surface area (TPSA) is 203 Å². The Kier molecular flexibility index (Phi) is 17.3. The molecule has 16 heteroatoms. The Hall–Kier alpha value is -5.19. The average Bonchev–Trinajstić information content (AvgIpc) is 4.19. The first-order valence-electron chi connectivity index (χ1n) is 20.4. The number of carbonyl (C=O) groups excluding carboxylic acids is 2. The molecule has 15 nitrogen and oxygen atoms in total. The van der Waals surface area contributed by atoms with Gasteiger partial charge in [-0.1, -0.05) is 39.0 Å². The molecule has 1 aromatic carbocycles. The van der Waals surface area contributed by atoms with Crippen LogP contribution in [-0.4, -0.2) is 107 Å². The highest BCUT2D eigenvalue weighted by atomic mass is 16.5. The lowest BCUT2D eigenvalue weighted by molar-refractivity contribution is -0.118. The third-order valence-electron chi connectivity index (χ3n) is 10.1. The lowest BCUT2D eigenvalue weighted by Crippen LogP contribution is -2.34. The number of rotatable bonds is 11. The van der Waals surface area contributed by atoms with Gasteiger partial charge in [-0.3, -0.25) is 14.3 Å². The number of hydroxylamine groups is 2. The van der Waals surface area contributed by atoms with Gasteiger partial charge < -0.3 is 42.2 Å². The normalized spacial score (nSPS) is 16.9. The molecule has 2 saturated carbocycles. The summed E-state index contributed by atoms with van der Waals surface area (Å²) in [7, 11) is 11.3. The summed E-state index contributed by atoms with van der Waals surface area (Å²) in [4.78, 5) is 35.8. The molecule has 0 bridgehead atoms. The van der Waals surface area contributed by atoms with Crippen LogP contribution in [0.25, 0.3) is 11.1 Å². The number of fused-ring (bicyclic) bond motifs is 3. The van der Waals surface area contributed by atoms with Gasteiger partial charge in [0, 0.05) is 68.6 Å². The Bertz CT molecular complexity index is 1910. The number of carbonyl (C=O) groups is 2. The molecule has 7 rings (SSSR count). The molecule has 0 atom stereocenters. The van der Waals surface area contributed by atoms with Crippen LogP contribution in [-0.2, 0) is 17.7 Å². The second kappa shape index (κ2) is 22.1. The monoisotopic (exact) mass is 796 g/mol. The molecule has 2 aliphatic carbocycles. The highest BCUT2D eigenvalue weighted by molar-refractivity contribution is 6.08. The van der Waals surface area contributed by atoms with Crippen LogP contribution < -0.4 is 27.0 Å². The predicted molar refractivity (Wildman–Crippen MR) is 232 cm³/mol. The van der Waals surface area contributed by atoms with E-state index in [1.54, 1.807) is 18.0 Å². The summed E-state index contributed by atoms with van der Waals surface area (Å²) >= 11 is 0. The van der Waals surface area contributed by atoms with Gasteiger partial charge in [0.15, 0.2) is 0 Å². The number of nitrogens with two attached hydrogens (primary N) is 2. The molecular formula is C42H62BN11O4. The minimum absolute atomic E-state index is 0.0230. The lowest BCUT2D eigenvalue weighted by atomic mass is 9.97. The maximum atomic E-state index is 12.0. The van der Waals surface area contributed by atoms with Crippen molar-refractivity contribution in [2.45, 2.75) is 90.7 Å². The zero-order valence-corrected chi connectivity index (χ0v) is 35.0. The highest BCUT2D eigenvalue weighted by Gasteiger charge is 2.31. The Labute approximate surface area is 344 Å². The van der Waals surface area contributed by atoms with Gasteiger partial charge in [-0.2, -0.15) is 15.2 Å². The molecular weight excluding hydrogens is 733 g/mol. The van der Waals surface area contributed by atoms with E-state index in [4.69, 9.17) is 24.4 Å². The van der Waals surface area contributed by atoms with Crippen molar-refractivity contribution in [3.8, 4) is 11.1 Å². The number of hydrogen-bond acceptors (Lipinski definition) is 11. The zero-order chi connectivity index (χ0) is 42.4. The van der Waals surface area contributed by atoms with E-state index in [2.05, 4.69) is 36.3 Å². The van der Waals surface area contributed by atoms with Crippen LogP contribution >= 0.6 is 0 Å². The number of nitrogens with one attached hydrogen (secondary N) is 2. The number of amidine groups is 1. The van der Waals surface area contributed by atoms with Crippen LogP contribution in [0.1, 0.15) is 93.6 Å². The summed E-state index contributed by atoms with van der Waals surface area (Å²) in [5, 5.41) is 31.8. The van der Waals surface area contributed by atoms with E-state index in [0.717, 1.165) is 84.8 Å². The minimum atomic E-state index is -0.235. The Balaban J connectivity index is 0.000000278. The van der Waals surface area contributed by atoms with Crippen molar-refractivity contribution >= 4 is 36.9 Å². The summed E-state index contributed by atoms with van der Waals surface area (Å²) in [5.74, 6) is -0.303. The number of amides is 2. The Morgan fingerprint density at radius 3 is 2.33 bits per heavy atom. The number of para-hydroxylation sites is 1. The van der Waals surface area contributed by atoms with Gasteiger partial charge in [-0.15, -0.1) is 0 Å². The molecule has 312 valence electrons. The number of aromatic nitrogens is 3. The standard InChI is InChI=1S/C25H32N8O3.C11H15BN2O.C4H9N.C2H6/c1-31-13-22-18(12-28-33(22)16-7-9-32(36)10-8-16)17-3-2-4-20(24(17)31)29-21(19(26)14-34)11-23(27)30-25(35)15-5-6-15;1-3-7-14(2)11(15)10-6-4-5-9(8-12)13-10;1-5-4-2-3-4;1-2/h2-4,11-12,14-16,29,34,36H,5-10,13,26H2,1H3,(H2,27,30,35);4-6H,3,7-8H2,1-2H3;4-5H,2-3H2,1H3;1-2H3/b19-14+,21-11+;;;. The van der Waals surface area contributed by atoms with Crippen molar-refractivity contribution in [3.63, 3.8) is 0 Å². The molecule has 0 unspecified atom stereocenters. The number of anilines is 2. The van der Waals surface area contributed by atoms with E-state index in [1.807, 2.05) is 65.3 Å². The van der Waals surface area contributed by atoms with Crippen molar-refractivity contribution in [2.75, 3.05) is 51.0 Å². The summed E-state index contributed by atoms with van der Waals surface area (Å²) in [5.41, 5.74) is 18.6. The van der Waals surface area contributed by atoms with Gasteiger partial charge in [0.1, 0.15) is 17.8 Å². The fourth-order valence-electron chi connectivity index (χ4n) is 6.61. The smallest absolute Gasteiger partial charge is 0.272 e. The molecule has 2 radical (unpaired) electrons. The fourth-order valence-corrected chi connectivity index (χ4v) is 6.61. The zero-order valence-electron chi connectivity index (χ0n) is 35.0. The van der Waals surface area contributed by atoms with Crippen molar-refractivity contribution < 1.29 is 19.9 Å². The van der Waals surface area contributed by atoms with Crippen LogP contribution in [0.5, 0.6) is 0 Å². The largest absolute Gasteiger partial charge is 0.513 e. The van der Waals surface area contributed by atoms with Crippen LogP contribution in [0.3, 0.4) is 0 Å². The fraction of sp³-hybridized carbons (Fsp3) is 0.500. The van der Waals surface area contributed by atoms with E-state index >= 15 is 0 Å². The van der Waals surface area contributed by atoms with E-state index in [1.165, 1.54) is 24.0 Å². The van der Waals surface area contributed by atoms with Gasteiger partial charge in [-0.05, 0) is 76.5 Å². The third kappa shape index (κ3) is 12.4. The number of piperidine rings is 1. The number of pyridine rings is 1. The van der Waals surface area contributed by atoms with Crippen molar-refractivity contribution in [1.82, 2.24) is 30.0 Å². The van der Waals surface area contributed by atoms with Crippen LogP contribution in [0.2, 0.25) is 0 Å². The molecule has 0 spiro atoms. The van der Waals surface area contributed by atoms with E-state index in [-0.39, 0.29) is 35.3 Å². The van der Waals surface area contributed by atoms with E-state index < -0.39 is 0 Å². The van der Waals surface area contributed by atoms with E-state index in [0.29, 0.717) is 37.3 Å². The molecule has 4 heterocycles. The number of benzene rings is 1. The molecule has 2 aromatic heterocycles. The average molecular weight is 796 g/mol. The summed E-state index contributed by atoms with van der Waals surface area (Å²) < 4.78 is 2.10. The van der Waals surface area contributed by atoms with Gasteiger partial charge in [0.05, 0.1) is 55.1 Å². The van der Waals surface area contributed by atoms with Crippen molar-refractivity contribution in [2.24, 2.45) is 22.4 Å². The first-order valence-corrected chi connectivity index (χ1v) is 20.4. The highest BCUT2D eigenvalue weighted by Crippen LogP contribution is 2.44. The SMILES string of the molecule is CC.CN1Cc2c(cnn2C2CCN(O)CC2)-c2cccc(NC(=C/C(N)=NC(=O)C3CC3)/C(N)=C\O)c21.CNC1CC1.[B]Cc1cccc(C(=O)N(C)CCC)n1. The van der Waals surface area contributed by atoms with Gasteiger partial charge in [0.25, 0.3) is 11.8 Å². The van der Waals surface area contributed by atoms with Gasteiger partial charge in [-0.25, -0.2) is 4.98 Å². The summed E-state index contributed by atoms with van der Waals surface area (Å²) in [6, 6.07) is 12.4. The minimum Gasteiger partial charge on any atom is -0.513 e. The molecule has 3 fully saturated rings. The molecule has 4 aliphatic rings. The van der Waals surface area contributed by atoms with Gasteiger partial charge in [0.2, 0.25) is 0 Å². The van der Waals surface area contributed by atoms with Crippen LogP contribution in [0.4, 0.5) is 11.4 Å². The molecule has 3 aromatic rings. The maximum absolute atomic E-state index is 12.0. The number of nitrogens with zero attached hydrogens (tertiary/aromatic N) is 7. The summed E-state index contributed by atoms with van der Waals surface area (Å²) in [6.07, 6.45) is 11.6. The lowest BCUT2D eigenvalue weighted by Gasteiger charge is -2.33. The molecule has 8 N–H and O–H groups in total. The number of aliphatic imine (C=N–C) groups is 1. The Morgan fingerprint density at radius 1 is 1.05 bits per heavy atom. The molecule has 2 aliphatic heterocycles. The molecule has 2 amide bonds. The second-order valence-electron chi connectivity index (χ2n) is 14.6. The van der Waals surface area contributed by atoms with Crippen LogP contribution in [0, 0.1) is 5.92 Å². The van der Waals surface area contributed by atoms with Crippen molar-refractivity contribution in [3.05, 3.63) is 83.4 Å². The number of aliphatic hydroxyl groups is 1. The quantitative estimate of drug-likeness (QED) is 0.0494. The van der Waals surface area contributed by atoms with Gasteiger partial charge >= 0.3 is 0 Å². The predicted octanol–water partition coefficient (Wildman–Crippen LogP) is 5.10. The number of hydrogen-bond donors (Lipinski definition) is 6. The van der Waals surface area contributed by atoms with Crippen LogP contribution in [0.15, 0.2) is 71.3 Å². The van der Waals surface area contributed by atoms with Crippen molar-refractivity contribution in [1.29, 1.82) is 0 Å². The second-order valence-corrected chi connectivity index (χ2v) is 14.6.